The number of anilines is 1. The molecule has 0 saturated carbocycles. The molecule has 6 nitrogen and oxygen atoms in total. The van der Waals surface area contributed by atoms with Gasteiger partial charge < -0.3 is 21.7 Å². The Bertz CT molecular complexity index is 761. The van der Waals surface area contributed by atoms with Crippen molar-refractivity contribution in [3.8, 4) is 0 Å². The lowest BCUT2D eigenvalue weighted by Gasteiger charge is -2.16. The van der Waals surface area contributed by atoms with Crippen molar-refractivity contribution >= 4 is 17.5 Å². The summed E-state index contributed by atoms with van der Waals surface area (Å²) in [5.41, 5.74) is 13.8. The van der Waals surface area contributed by atoms with Gasteiger partial charge in [-0.05, 0) is 29.8 Å². The van der Waals surface area contributed by atoms with Crippen molar-refractivity contribution in [3.05, 3.63) is 65.7 Å². The van der Waals surface area contributed by atoms with Gasteiger partial charge in [0.15, 0.2) is 0 Å². The first-order valence-electron chi connectivity index (χ1n) is 8.75. The second kappa shape index (κ2) is 8.12. The number of hydrogen-bond acceptors (Lipinski definition) is 4. The van der Waals surface area contributed by atoms with Crippen LogP contribution in [-0.4, -0.2) is 42.4 Å². The summed E-state index contributed by atoms with van der Waals surface area (Å²) in [4.78, 5) is 25.5. The van der Waals surface area contributed by atoms with Crippen LogP contribution < -0.4 is 16.8 Å². The molecule has 1 aliphatic rings. The van der Waals surface area contributed by atoms with Crippen LogP contribution in [0.25, 0.3) is 0 Å². The molecule has 5 N–H and O–H groups in total. The summed E-state index contributed by atoms with van der Waals surface area (Å²) in [6.45, 7) is 2.33. The fourth-order valence-corrected chi connectivity index (χ4v) is 3.35. The van der Waals surface area contributed by atoms with Crippen molar-refractivity contribution < 1.29 is 9.59 Å². The quantitative estimate of drug-likeness (QED) is 0.734. The van der Waals surface area contributed by atoms with Crippen LogP contribution in [0.1, 0.15) is 28.3 Å². The molecular formula is C20H24N4O2. The molecule has 6 heteroatoms. The number of nitrogens with two attached hydrogens (primary N) is 2. The normalized spacial score (nSPS) is 20.0. The zero-order valence-electron chi connectivity index (χ0n) is 14.6. The Balaban J connectivity index is 1.48. The maximum atomic E-state index is 12.2. The van der Waals surface area contributed by atoms with Crippen LogP contribution in [0.2, 0.25) is 0 Å². The van der Waals surface area contributed by atoms with Gasteiger partial charge in [0.05, 0.1) is 0 Å². The van der Waals surface area contributed by atoms with E-state index in [0.29, 0.717) is 30.1 Å². The average Bonchev–Trinajstić information content (AvgIpc) is 3.02. The molecule has 2 atom stereocenters. The molecule has 0 aromatic heterocycles. The highest BCUT2D eigenvalue weighted by Crippen LogP contribution is 2.26. The zero-order valence-corrected chi connectivity index (χ0v) is 14.6. The second-order valence-electron chi connectivity index (χ2n) is 6.68. The summed E-state index contributed by atoms with van der Waals surface area (Å²) in [6, 6.07) is 16.9. The zero-order chi connectivity index (χ0) is 18.5. The van der Waals surface area contributed by atoms with E-state index < -0.39 is 5.91 Å². The van der Waals surface area contributed by atoms with E-state index in [1.54, 1.807) is 24.3 Å². The van der Waals surface area contributed by atoms with Crippen molar-refractivity contribution in [2.24, 2.45) is 11.5 Å². The minimum atomic E-state index is -0.485. The van der Waals surface area contributed by atoms with E-state index in [-0.39, 0.29) is 11.9 Å². The van der Waals surface area contributed by atoms with E-state index in [9.17, 15) is 9.59 Å². The number of amides is 2. The van der Waals surface area contributed by atoms with Crippen LogP contribution >= 0.6 is 0 Å². The van der Waals surface area contributed by atoms with E-state index in [2.05, 4.69) is 22.3 Å². The van der Waals surface area contributed by atoms with Crippen LogP contribution in [0, 0.1) is 0 Å². The van der Waals surface area contributed by atoms with Crippen LogP contribution in [0.15, 0.2) is 54.6 Å². The van der Waals surface area contributed by atoms with Crippen LogP contribution in [0.4, 0.5) is 5.69 Å². The second-order valence-corrected chi connectivity index (χ2v) is 6.68. The van der Waals surface area contributed by atoms with Gasteiger partial charge in [-0.15, -0.1) is 0 Å². The van der Waals surface area contributed by atoms with E-state index >= 15 is 0 Å². The molecular weight excluding hydrogens is 328 g/mol. The topological polar surface area (TPSA) is 101 Å². The fraction of sp³-hybridized carbons (Fsp3) is 0.300. The largest absolute Gasteiger partial charge is 0.366 e. The highest BCUT2D eigenvalue weighted by Gasteiger charge is 2.31. The van der Waals surface area contributed by atoms with Gasteiger partial charge in [-0.2, -0.15) is 0 Å². The minimum Gasteiger partial charge on any atom is -0.366 e. The molecule has 0 spiro atoms. The minimum absolute atomic E-state index is 0.0615. The first kappa shape index (κ1) is 18.1. The summed E-state index contributed by atoms with van der Waals surface area (Å²) in [5.74, 6) is -0.240. The molecule has 0 aliphatic carbocycles. The van der Waals surface area contributed by atoms with Gasteiger partial charge in [0.2, 0.25) is 11.8 Å². The smallest absolute Gasteiger partial charge is 0.248 e. The molecule has 1 heterocycles. The van der Waals surface area contributed by atoms with Crippen LogP contribution in [-0.2, 0) is 4.79 Å². The SMILES string of the molecule is NC(=O)c1ccc(NC(=O)CCN2C[C@@H](N)[C@H](c3ccccc3)C2)cc1. The number of carbonyl (C=O) groups is 2. The van der Waals surface area contributed by atoms with Crippen molar-refractivity contribution in [2.45, 2.75) is 18.4 Å². The number of rotatable bonds is 6. The van der Waals surface area contributed by atoms with Gasteiger partial charge >= 0.3 is 0 Å². The molecule has 2 aromatic carbocycles. The lowest BCUT2D eigenvalue weighted by Crippen LogP contribution is -2.30. The van der Waals surface area contributed by atoms with Crippen molar-refractivity contribution in [1.82, 2.24) is 4.90 Å². The Hall–Kier alpha value is -2.70. The van der Waals surface area contributed by atoms with Gasteiger partial charge in [-0.3, -0.25) is 9.59 Å². The number of nitrogens with zero attached hydrogens (tertiary/aromatic N) is 1. The van der Waals surface area contributed by atoms with Gasteiger partial charge in [-0.1, -0.05) is 30.3 Å². The summed E-state index contributed by atoms with van der Waals surface area (Å²) in [6.07, 6.45) is 0.395. The third kappa shape index (κ3) is 4.47. The van der Waals surface area contributed by atoms with Gasteiger partial charge in [0.25, 0.3) is 0 Å². The molecule has 0 unspecified atom stereocenters. The number of benzene rings is 2. The lowest BCUT2D eigenvalue weighted by molar-refractivity contribution is -0.116. The Kier molecular flexibility index (Phi) is 5.65. The molecule has 3 rings (SSSR count). The maximum absolute atomic E-state index is 12.2. The highest BCUT2D eigenvalue weighted by molar-refractivity contribution is 5.94. The predicted octanol–water partition coefficient (Wildman–Crippen LogP) is 1.54. The van der Waals surface area contributed by atoms with Crippen molar-refractivity contribution in [3.63, 3.8) is 0 Å². The number of hydrogen-bond donors (Lipinski definition) is 3. The maximum Gasteiger partial charge on any atom is 0.248 e. The summed E-state index contributed by atoms with van der Waals surface area (Å²) in [7, 11) is 0. The first-order chi connectivity index (χ1) is 12.5. The third-order valence-electron chi connectivity index (χ3n) is 4.78. The van der Waals surface area contributed by atoms with E-state index in [4.69, 9.17) is 11.5 Å². The number of carbonyl (C=O) groups excluding carboxylic acids is 2. The van der Waals surface area contributed by atoms with Gasteiger partial charge in [0.1, 0.15) is 0 Å². The Morgan fingerprint density at radius 3 is 2.38 bits per heavy atom. The number of likely N-dealkylation sites (tertiary alicyclic amines) is 1. The molecule has 26 heavy (non-hydrogen) atoms. The van der Waals surface area contributed by atoms with Crippen molar-refractivity contribution in [2.75, 3.05) is 25.0 Å². The average molecular weight is 352 g/mol. The molecule has 2 aromatic rings. The Labute approximate surface area is 153 Å². The van der Waals surface area contributed by atoms with E-state index in [1.807, 2.05) is 18.2 Å². The molecule has 1 aliphatic heterocycles. The predicted molar refractivity (Wildman–Crippen MR) is 102 cm³/mol. The summed E-state index contributed by atoms with van der Waals surface area (Å²) >= 11 is 0. The number of primary amides is 1. The molecule has 0 bridgehead atoms. The monoisotopic (exact) mass is 352 g/mol. The fourth-order valence-electron chi connectivity index (χ4n) is 3.35. The molecule has 0 radical (unpaired) electrons. The lowest BCUT2D eigenvalue weighted by atomic mass is 9.95. The van der Waals surface area contributed by atoms with Crippen molar-refractivity contribution in [1.29, 1.82) is 0 Å². The van der Waals surface area contributed by atoms with Crippen LogP contribution in [0.5, 0.6) is 0 Å². The standard InChI is InChI=1S/C20H24N4O2/c21-18-13-24(12-17(18)14-4-2-1-3-5-14)11-10-19(25)23-16-8-6-15(7-9-16)20(22)26/h1-9,17-18H,10-13,21H2,(H2,22,26)(H,23,25)/t17-,18+/m0/s1. The van der Waals surface area contributed by atoms with E-state index in [0.717, 1.165) is 13.1 Å². The van der Waals surface area contributed by atoms with E-state index in [1.165, 1.54) is 5.56 Å². The Morgan fingerprint density at radius 2 is 1.73 bits per heavy atom. The van der Waals surface area contributed by atoms with Crippen LogP contribution in [0.3, 0.4) is 0 Å². The van der Waals surface area contributed by atoms with Gasteiger partial charge in [0, 0.05) is 49.3 Å². The summed E-state index contributed by atoms with van der Waals surface area (Å²) in [5, 5.41) is 2.84. The third-order valence-corrected chi connectivity index (χ3v) is 4.78. The molecule has 2 amide bonds. The Morgan fingerprint density at radius 1 is 1.04 bits per heavy atom. The molecule has 1 fully saturated rings. The molecule has 136 valence electrons. The van der Waals surface area contributed by atoms with Gasteiger partial charge in [-0.25, -0.2) is 0 Å². The first-order valence-corrected chi connectivity index (χ1v) is 8.75. The number of nitrogens with one attached hydrogen (secondary N) is 1. The molecule has 1 saturated heterocycles. The summed E-state index contributed by atoms with van der Waals surface area (Å²) < 4.78 is 0. The highest BCUT2D eigenvalue weighted by atomic mass is 16.2.